The van der Waals surface area contributed by atoms with Crippen LogP contribution in [0.25, 0.3) is 10.4 Å². The molecule has 2 aromatic rings. The number of nitrogens with zero attached hydrogens (tertiary/aromatic N) is 1. The molecule has 178 valence electrons. The number of carbonyl (C=O) groups is 2. The number of hydrogen-bond acceptors (Lipinski definition) is 7. The molecule has 3 rings (SSSR count). The van der Waals surface area contributed by atoms with Crippen LogP contribution in [0.1, 0.15) is 30.5 Å². The van der Waals surface area contributed by atoms with Gasteiger partial charge in [-0.05, 0) is 31.0 Å². The summed E-state index contributed by atoms with van der Waals surface area (Å²) in [7, 11) is 3.38. The van der Waals surface area contributed by atoms with Crippen LogP contribution in [0.4, 0.5) is 13.2 Å². The predicted molar refractivity (Wildman–Crippen MR) is 122 cm³/mol. The van der Waals surface area contributed by atoms with Crippen LogP contribution in [0, 0.1) is 0 Å². The van der Waals surface area contributed by atoms with Crippen LogP contribution in [0.3, 0.4) is 0 Å². The van der Waals surface area contributed by atoms with E-state index < -0.39 is 23.0 Å². The first-order chi connectivity index (χ1) is 15.5. The molecular weight excluding hydrogens is 477 g/mol. The number of carbonyl (C=O) groups excluding carboxylic acids is 2. The Bertz CT molecular complexity index is 1050. The van der Waals surface area contributed by atoms with Crippen molar-refractivity contribution < 1.29 is 27.9 Å². The Morgan fingerprint density at radius 3 is 2.48 bits per heavy atom. The Hall–Kier alpha value is -2.54. The molecule has 0 saturated carbocycles. The number of rotatable bonds is 7. The lowest BCUT2D eigenvalue weighted by Gasteiger charge is -2.17. The molecule has 0 radical (unpaired) electrons. The van der Waals surface area contributed by atoms with E-state index in [2.05, 4.69) is 16.3 Å². The van der Waals surface area contributed by atoms with E-state index in [0.29, 0.717) is 27.3 Å². The maximum absolute atomic E-state index is 12.8. The molecule has 2 heterocycles. The van der Waals surface area contributed by atoms with Crippen LogP contribution >= 0.6 is 23.1 Å². The summed E-state index contributed by atoms with van der Waals surface area (Å²) in [6.45, 7) is 1.73. The summed E-state index contributed by atoms with van der Waals surface area (Å²) in [4.78, 5) is 25.4. The molecule has 2 atom stereocenters. The van der Waals surface area contributed by atoms with E-state index in [-0.39, 0.29) is 17.6 Å². The minimum atomic E-state index is -4.43. The number of hydrazine groups is 2. The van der Waals surface area contributed by atoms with Crippen molar-refractivity contribution in [2.45, 2.75) is 30.8 Å². The summed E-state index contributed by atoms with van der Waals surface area (Å²) >= 11 is 2.36. The number of benzene rings is 1. The van der Waals surface area contributed by atoms with Gasteiger partial charge in [0.05, 0.1) is 26.6 Å². The van der Waals surface area contributed by atoms with Crippen LogP contribution in [0.5, 0.6) is 5.75 Å². The largest absolute Gasteiger partial charge is 0.506 e. The van der Waals surface area contributed by atoms with Crippen molar-refractivity contribution in [3.8, 4) is 16.2 Å². The molecule has 12 heteroatoms. The zero-order valence-corrected chi connectivity index (χ0v) is 19.6. The van der Waals surface area contributed by atoms with E-state index in [1.54, 1.807) is 32.5 Å². The first kappa shape index (κ1) is 25.1. The lowest BCUT2D eigenvalue weighted by atomic mass is 10.1. The summed E-state index contributed by atoms with van der Waals surface area (Å²) in [5.41, 5.74) is 8.27. The maximum Gasteiger partial charge on any atom is 0.416 e. The number of halogens is 3. The monoisotopic (exact) mass is 500 g/mol. The van der Waals surface area contributed by atoms with Crippen LogP contribution in [-0.2, 0) is 15.8 Å². The predicted octanol–water partition coefficient (Wildman–Crippen LogP) is 3.80. The third-order valence-electron chi connectivity index (χ3n) is 4.77. The number of allylic oxidation sites excluding steroid dienone is 1. The number of aromatic hydroxyl groups is 1. The first-order valence-electron chi connectivity index (χ1n) is 9.86. The van der Waals surface area contributed by atoms with Crippen molar-refractivity contribution >= 4 is 34.9 Å². The summed E-state index contributed by atoms with van der Waals surface area (Å²) in [5, 5.41) is 13.3. The van der Waals surface area contributed by atoms with Gasteiger partial charge in [0.2, 0.25) is 5.91 Å². The van der Waals surface area contributed by atoms with Crippen LogP contribution in [-0.4, -0.2) is 41.3 Å². The van der Waals surface area contributed by atoms with Gasteiger partial charge in [0.25, 0.3) is 5.91 Å². The van der Waals surface area contributed by atoms with Gasteiger partial charge in [-0.2, -0.15) is 13.2 Å². The highest BCUT2D eigenvalue weighted by Crippen LogP contribution is 2.42. The van der Waals surface area contributed by atoms with E-state index in [1.165, 1.54) is 40.2 Å². The summed E-state index contributed by atoms with van der Waals surface area (Å²) in [6, 6.07) is 4.09. The van der Waals surface area contributed by atoms with Gasteiger partial charge in [0, 0.05) is 25.0 Å². The number of thioether (sulfide) groups is 1. The average Bonchev–Trinajstić information content (AvgIpc) is 3.38. The second-order valence-electron chi connectivity index (χ2n) is 7.55. The van der Waals surface area contributed by atoms with E-state index >= 15 is 0 Å². The fourth-order valence-electron chi connectivity index (χ4n) is 3.05. The number of nitrogens with one attached hydrogen (secondary N) is 3. The van der Waals surface area contributed by atoms with Gasteiger partial charge >= 0.3 is 6.18 Å². The molecule has 1 aliphatic rings. The van der Waals surface area contributed by atoms with Gasteiger partial charge in [0.15, 0.2) is 0 Å². The molecule has 1 aromatic heterocycles. The lowest BCUT2D eigenvalue weighted by molar-refractivity contribution is -0.137. The van der Waals surface area contributed by atoms with Crippen molar-refractivity contribution in [2.75, 3.05) is 14.1 Å². The third-order valence-corrected chi connectivity index (χ3v) is 7.11. The molecule has 2 unspecified atom stereocenters. The van der Waals surface area contributed by atoms with Gasteiger partial charge in [-0.15, -0.1) is 23.1 Å². The number of alkyl halides is 3. The highest BCUT2D eigenvalue weighted by Gasteiger charge is 2.31. The summed E-state index contributed by atoms with van der Waals surface area (Å²) in [5.74, 6) is -0.650. The quantitative estimate of drug-likeness (QED) is 0.432. The maximum atomic E-state index is 12.8. The zero-order valence-electron chi connectivity index (χ0n) is 18.0. The lowest BCUT2D eigenvalue weighted by Crippen LogP contribution is -2.43. The average molecular weight is 501 g/mol. The SMILES string of the molecule is CC(NNC(=O)C1CC=C(C(=O)NN(C)C)S1)c1csc(-c2ccc(C(F)(F)F)cc2)c1O. The topological polar surface area (TPSA) is 93.7 Å². The van der Waals surface area contributed by atoms with Crippen LogP contribution in [0.15, 0.2) is 40.6 Å². The minimum absolute atomic E-state index is 0.0615. The van der Waals surface area contributed by atoms with E-state index in [4.69, 9.17) is 0 Å². The van der Waals surface area contributed by atoms with Gasteiger partial charge in [-0.3, -0.25) is 20.4 Å². The van der Waals surface area contributed by atoms with Crippen LogP contribution < -0.4 is 16.3 Å². The first-order valence-corrected chi connectivity index (χ1v) is 11.6. The van der Waals surface area contributed by atoms with Gasteiger partial charge in [-0.25, -0.2) is 10.4 Å². The van der Waals surface area contributed by atoms with E-state index in [1.807, 2.05) is 0 Å². The van der Waals surface area contributed by atoms with Crippen molar-refractivity contribution in [3.05, 3.63) is 51.8 Å². The molecule has 0 fully saturated rings. The van der Waals surface area contributed by atoms with Crippen molar-refractivity contribution in [2.24, 2.45) is 0 Å². The summed E-state index contributed by atoms with van der Waals surface area (Å²) < 4.78 is 38.3. The van der Waals surface area contributed by atoms with Gasteiger partial charge in [-0.1, -0.05) is 18.2 Å². The van der Waals surface area contributed by atoms with Crippen molar-refractivity contribution in [3.63, 3.8) is 0 Å². The normalized spacial score (nSPS) is 17.1. The zero-order chi connectivity index (χ0) is 24.3. The fraction of sp³-hybridized carbons (Fsp3) is 0.333. The van der Waals surface area contributed by atoms with Crippen molar-refractivity contribution in [1.29, 1.82) is 0 Å². The van der Waals surface area contributed by atoms with E-state index in [9.17, 15) is 27.9 Å². The van der Waals surface area contributed by atoms with Gasteiger partial charge < -0.3 is 5.11 Å². The second-order valence-corrected chi connectivity index (χ2v) is 9.67. The van der Waals surface area contributed by atoms with Crippen molar-refractivity contribution in [1.82, 2.24) is 21.3 Å². The number of amides is 2. The molecule has 0 spiro atoms. The Labute approximate surface area is 197 Å². The Morgan fingerprint density at radius 2 is 1.88 bits per heavy atom. The number of hydrogen-bond donors (Lipinski definition) is 4. The molecule has 0 aliphatic carbocycles. The third kappa shape index (κ3) is 6.08. The molecule has 4 N–H and O–H groups in total. The molecule has 0 bridgehead atoms. The molecule has 7 nitrogen and oxygen atoms in total. The Morgan fingerprint density at radius 1 is 1.21 bits per heavy atom. The molecule has 0 saturated heterocycles. The smallest absolute Gasteiger partial charge is 0.416 e. The highest BCUT2D eigenvalue weighted by atomic mass is 32.2. The molecule has 2 amide bonds. The molecule has 33 heavy (non-hydrogen) atoms. The Kier molecular flexibility index (Phi) is 7.73. The Balaban J connectivity index is 1.57. The van der Waals surface area contributed by atoms with Crippen LogP contribution in [0.2, 0.25) is 0 Å². The van der Waals surface area contributed by atoms with Gasteiger partial charge in [0.1, 0.15) is 5.75 Å². The fourth-order valence-corrected chi connectivity index (χ4v) is 5.13. The molecule has 1 aromatic carbocycles. The standard InChI is InChI=1S/C21H23F3N4O3S2/c1-11(25-26-19(30)15-8-9-16(33-15)20(31)27-28(2)3)14-10-32-18(17(14)29)12-4-6-13(7-5-12)21(22,23)24/h4-7,9-11,15,25,29H,8H2,1-3H3,(H,26,30)(H,27,31). The second kappa shape index (κ2) is 10.2. The molecular formula is C21H23F3N4O3S2. The molecule has 1 aliphatic heterocycles. The summed E-state index contributed by atoms with van der Waals surface area (Å²) in [6.07, 6.45) is -2.31. The van der Waals surface area contributed by atoms with E-state index in [0.717, 1.165) is 12.1 Å². The highest BCUT2D eigenvalue weighted by molar-refractivity contribution is 8.05. The minimum Gasteiger partial charge on any atom is -0.506 e. The number of thiophene rings is 1.